The Morgan fingerprint density at radius 3 is 2.47 bits per heavy atom. The van der Waals surface area contributed by atoms with Crippen LogP contribution < -0.4 is 0 Å². The van der Waals surface area contributed by atoms with Crippen molar-refractivity contribution in [3.8, 4) is 0 Å². The molecule has 0 amide bonds. The molecule has 0 aliphatic carbocycles. The maximum atomic E-state index is 12.1. The van der Waals surface area contributed by atoms with Crippen LogP contribution in [-0.4, -0.2) is 10.8 Å². The van der Waals surface area contributed by atoms with Gasteiger partial charge in [0.25, 0.3) is 0 Å². The minimum atomic E-state index is 0.0182. The van der Waals surface area contributed by atoms with Gasteiger partial charge in [0.2, 0.25) is 0 Å². The van der Waals surface area contributed by atoms with E-state index in [-0.39, 0.29) is 5.78 Å². The molecule has 0 saturated carbocycles. The van der Waals surface area contributed by atoms with E-state index < -0.39 is 0 Å². The summed E-state index contributed by atoms with van der Waals surface area (Å²) in [7, 11) is 0. The molecule has 0 aliphatic heterocycles. The van der Waals surface area contributed by atoms with Gasteiger partial charge in [-0.25, -0.2) is 0 Å². The third-order valence-electron chi connectivity index (χ3n) is 3.08. The second-order valence-electron chi connectivity index (χ2n) is 4.85. The summed E-state index contributed by atoms with van der Waals surface area (Å²) in [6, 6.07) is 9.81. The second kappa shape index (κ2) is 5.98. The summed E-state index contributed by atoms with van der Waals surface area (Å²) >= 11 is 5.97. The standard InChI is InChI=1S/C16H16ClNO/c1-11(2)13-5-3-12(4-6-13)9-16(19)14-7-8-18-10-15(14)17/h3-8,10-11H,9H2,1-2H3. The lowest BCUT2D eigenvalue weighted by Gasteiger charge is -2.07. The minimum Gasteiger partial charge on any atom is -0.294 e. The first-order valence-electron chi connectivity index (χ1n) is 6.29. The van der Waals surface area contributed by atoms with Crippen molar-refractivity contribution in [1.29, 1.82) is 0 Å². The van der Waals surface area contributed by atoms with Gasteiger partial charge in [-0.05, 0) is 23.1 Å². The molecule has 0 fully saturated rings. The van der Waals surface area contributed by atoms with Crippen LogP contribution in [0.5, 0.6) is 0 Å². The lowest BCUT2D eigenvalue weighted by atomic mass is 9.99. The zero-order chi connectivity index (χ0) is 13.8. The molecule has 0 N–H and O–H groups in total. The van der Waals surface area contributed by atoms with Gasteiger partial charge in [-0.3, -0.25) is 9.78 Å². The molecule has 0 atom stereocenters. The Labute approximate surface area is 118 Å². The van der Waals surface area contributed by atoms with E-state index in [1.54, 1.807) is 12.3 Å². The third kappa shape index (κ3) is 3.42. The lowest BCUT2D eigenvalue weighted by Crippen LogP contribution is -2.04. The fourth-order valence-electron chi connectivity index (χ4n) is 1.90. The predicted molar refractivity (Wildman–Crippen MR) is 77.8 cm³/mol. The van der Waals surface area contributed by atoms with Gasteiger partial charge < -0.3 is 0 Å². The number of nitrogens with zero attached hydrogens (tertiary/aromatic N) is 1. The van der Waals surface area contributed by atoms with Crippen molar-refractivity contribution < 1.29 is 4.79 Å². The topological polar surface area (TPSA) is 30.0 Å². The number of halogens is 1. The molecule has 1 aromatic carbocycles. The van der Waals surface area contributed by atoms with E-state index in [9.17, 15) is 4.79 Å². The quantitative estimate of drug-likeness (QED) is 0.778. The summed E-state index contributed by atoms with van der Waals surface area (Å²) in [5.74, 6) is 0.518. The largest absolute Gasteiger partial charge is 0.294 e. The van der Waals surface area contributed by atoms with E-state index in [1.807, 2.05) is 12.1 Å². The smallest absolute Gasteiger partial charge is 0.168 e. The van der Waals surface area contributed by atoms with E-state index in [2.05, 4.69) is 31.0 Å². The van der Waals surface area contributed by atoms with Gasteiger partial charge in [-0.15, -0.1) is 0 Å². The van der Waals surface area contributed by atoms with Crippen LogP contribution in [-0.2, 0) is 6.42 Å². The van der Waals surface area contributed by atoms with Crippen molar-refractivity contribution in [3.05, 3.63) is 64.4 Å². The van der Waals surface area contributed by atoms with Crippen molar-refractivity contribution in [3.63, 3.8) is 0 Å². The van der Waals surface area contributed by atoms with Crippen molar-refractivity contribution in [2.45, 2.75) is 26.2 Å². The van der Waals surface area contributed by atoms with Crippen LogP contribution in [0.4, 0.5) is 0 Å². The number of Topliss-reactive ketones (excluding diaryl/α,β-unsaturated/α-hetero) is 1. The monoisotopic (exact) mass is 273 g/mol. The van der Waals surface area contributed by atoms with Crippen LogP contribution in [0, 0.1) is 0 Å². The molecule has 1 heterocycles. The normalized spacial score (nSPS) is 10.7. The molecule has 0 bridgehead atoms. The van der Waals surface area contributed by atoms with Crippen LogP contribution in [0.2, 0.25) is 5.02 Å². The minimum absolute atomic E-state index is 0.0182. The number of carbonyl (C=O) groups is 1. The van der Waals surface area contributed by atoms with Gasteiger partial charge in [0.05, 0.1) is 5.02 Å². The summed E-state index contributed by atoms with van der Waals surface area (Å²) in [6.45, 7) is 4.30. The summed E-state index contributed by atoms with van der Waals surface area (Å²) in [4.78, 5) is 16.0. The average Bonchev–Trinajstić information content (AvgIpc) is 2.39. The number of rotatable bonds is 4. The molecule has 0 spiro atoms. The van der Waals surface area contributed by atoms with E-state index >= 15 is 0 Å². The zero-order valence-electron chi connectivity index (χ0n) is 11.1. The molecule has 1 aromatic heterocycles. The molecular formula is C16H16ClNO. The maximum Gasteiger partial charge on any atom is 0.168 e. The molecule has 0 saturated heterocycles. The van der Waals surface area contributed by atoms with E-state index in [0.29, 0.717) is 22.9 Å². The van der Waals surface area contributed by atoms with Crippen LogP contribution >= 0.6 is 11.6 Å². The van der Waals surface area contributed by atoms with Gasteiger partial charge in [0.15, 0.2) is 5.78 Å². The fourth-order valence-corrected chi connectivity index (χ4v) is 2.13. The van der Waals surface area contributed by atoms with Gasteiger partial charge in [0, 0.05) is 24.4 Å². The average molecular weight is 274 g/mol. The molecule has 98 valence electrons. The Balaban J connectivity index is 2.13. The number of carbonyl (C=O) groups excluding carboxylic acids is 1. The van der Waals surface area contributed by atoms with Crippen LogP contribution in [0.1, 0.15) is 41.3 Å². The third-order valence-corrected chi connectivity index (χ3v) is 3.39. The van der Waals surface area contributed by atoms with Crippen molar-refractivity contribution in [2.24, 2.45) is 0 Å². The second-order valence-corrected chi connectivity index (χ2v) is 5.26. The Morgan fingerprint density at radius 1 is 1.21 bits per heavy atom. The number of hydrogen-bond donors (Lipinski definition) is 0. The molecule has 3 heteroatoms. The number of ketones is 1. The summed E-state index contributed by atoms with van der Waals surface area (Å²) in [5, 5.41) is 0.409. The van der Waals surface area contributed by atoms with Crippen molar-refractivity contribution in [2.75, 3.05) is 0 Å². The summed E-state index contributed by atoms with van der Waals surface area (Å²) in [5.41, 5.74) is 2.81. The lowest BCUT2D eigenvalue weighted by molar-refractivity contribution is 0.0993. The number of benzene rings is 1. The summed E-state index contributed by atoms with van der Waals surface area (Å²) in [6.07, 6.45) is 3.44. The first-order chi connectivity index (χ1) is 9.08. The number of hydrogen-bond acceptors (Lipinski definition) is 2. The predicted octanol–water partition coefficient (Wildman–Crippen LogP) is 4.28. The van der Waals surface area contributed by atoms with Gasteiger partial charge in [-0.2, -0.15) is 0 Å². The fraction of sp³-hybridized carbons (Fsp3) is 0.250. The first kappa shape index (κ1) is 13.8. The molecule has 0 unspecified atom stereocenters. The first-order valence-corrected chi connectivity index (χ1v) is 6.67. The van der Waals surface area contributed by atoms with Crippen molar-refractivity contribution in [1.82, 2.24) is 4.98 Å². The molecule has 19 heavy (non-hydrogen) atoms. The SMILES string of the molecule is CC(C)c1ccc(CC(=O)c2ccncc2Cl)cc1. The molecule has 0 aliphatic rings. The molecular weight excluding hydrogens is 258 g/mol. The van der Waals surface area contributed by atoms with Crippen molar-refractivity contribution >= 4 is 17.4 Å². The highest BCUT2D eigenvalue weighted by molar-refractivity contribution is 6.33. The highest BCUT2D eigenvalue weighted by Gasteiger charge is 2.11. The Morgan fingerprint density at radius 2 is 1.89 bits per heavy atom. The van der Waals surface area contributed by atoms with Gasteiger partial charge in [-0.1, -0.05) is 49.7 Å². The van der Waals surface area contributed by atoms with Crippen LogP contribution in [0.15, 0.2) is 42.7 Å². The Kier molecular flexibility index (Phi) is 4.33. The maximum absolute atomic E-state index is 12.1. The number of pyridine rings is 1. The molecule has 2 rings (SSSR count). The van der Waals surface area contributed by atoms with Gasteiger partial charge >= 0.3 is 0 Å². The molecule has 2 aromatic rings. The van der Waals surface area contributed by atoms with Crippen LogP contribution in [0.25, 0.3) is 0 Å². The molecule has 0 radical (unpaired) electrons. The zero-order valence-corrected chi connectivity index (χ0v) is 11.8. The van der Waals surface area contributed by atoms with Crippen LogP contribution in [0.3, 0.4) is 0 Å². The Hall–Kier alpha value is -1.67. The number of aromatic nitrogens is 1. The Bertz CT molecular complexity index is 576. The molecule has 2 nitrogen and oxygen atoms in total. The highest BCUT2D eigenvalue weighted by Crippen LogP contribution is 2.18. The highest BCUT2D eigenvalue weighted by atomic mass is 35.5. The van der Waals surface area contributed by atoms with E-state index in [0.717, 1.165) is 5.56 Å². The summed E-state index contributed by atoms with van der Waals surface area (Å²) < 4.78 is 0. The van der Waals surface area contributed by atoms with Gasteiger partial charge in [0.1, 0.15) is 0 Å². The van der Waals surface area contributed by atoms with E-state index in [1.165, 1.54) is 11.8 Å². The van der Waals surface area contributed by atoms with E-state index in [4.69, 9.17) is 11.6 Å².